The van der Waals surface area contributed by atoms with Crippen molar-refractivity contribution in [1.82, 2.24) is 25.1 Å². The second-order valence-electron chi connectivity index (χ2n) is 7.82. The zero-order chi connectivity index (χ0) is 18.9. The Morgan fingerprint density at radius 2 is 2.11 bits per heavy atom. The number of guanidine groups is 1. The molecule has 0 aromatic carbocycles. The summed E-state index contributed by atoms with van der Waals surface area (Å²) in [7, 11) is 1.86. The first kappa shape index (κ1) is 23.4. The number of aliphatic imine (C=N–C) groups is 1. The van der Waals surface area contributed by atoms with Crippen LogP contribution in [0.1, 0.15) is 37.9 Å². The predicted molar refractivity (Wildman–Crippen MR) is 124 cm³/mol. The number of nitrogens with zero attached hydrogens (tertiary/aromatic N) is 4. The maximum absolute atomic E-state index is 5.50. The third-order valence-electron chi connectivity index (χ3n) is 5.73. The highest BCUT2D eigenvalue weighted by Gasteiger charge is 2.24. The van der Waals surface area contributed by atoms with Crippen LogP contribution in [0.4, 0.5) is 0 Å². The average molecular weight is 504 g/mol. The van der Waals surface area contributed by atoms with E-state index in [1.807, 2.05) is 13.2 Å². The third kappa shape index (κ3) is 7.51. The number of hydrogen-bond donors (Lipinski definition) is 2. The molecular weight excluding hydrogens is 467 g/mol. The van der Waals surface area contributed by atoms with Crippen LogP contribution in [0.5, 0.6) is 0 Å². The van der Waals surface area contributed by atoms with Crippen LogP contribution in [0, 0.1) is 12.8 Å². The average Bonchev–Trinajstić information content (AvgIpc) is 3.34. The van der Waals surface area contributed by atoms with Crippen LogP contribution in [-0.4, -0.2) is 72.9 Å². The molecule has 0 amide bonds. The standard InChI is InChI=1S/C20H36N6O.HI/c1-17-22-9-13-26(17)10-4-3-8-23-20(21-2)24-19-5-11-25(12-6-19)15-18-7-14-27-16-18;/h9,13,18-19H,3-8,10-12,14-16H2,1-2H3,(H2,21,23,24);1H. The summed E-state index contributed by atoms with van der Waals surface area (Å²) in [5.41, 5.74) is 0. The second kappa shape index (κ2) is 12.6. The molecule has 8 heteroatoms. The smallest absolute Gasteiger partial charge is 0.191 e. The molecule has 28 heavy (non-hydrogen) atoms. The van der Waals surface area contributed by atoms with E-state index in [-0.39, 0.29) is 24.0 Å². The van der Waals surface area contributed by atoms with E-state index in [0.717, 1.165) is 56.8 Å². The number of likely N-dealkylation sites (tertiary alicyclic amines) is 1. The Bertz CT molecular complexity index is 579. The Balaban J connectivity index is 0.00000280. The second-order valence-corrected chi connectivity index (χ2v) is 7.82. The van der Waals surface area contributed by atoms with Crippen LogP contribution in [0.2, 0.25) is 0 Å². The Kier molecular flexibility index (Phi) is 10.6. The molecule has 0 spiro atoms. The number of halogens is 1. The fourth-order valence-electron chi connectivity index (χ4n) is 3.99. The van der Waals surface area contributed by atoms with Crippen molar-refractivity contribution in [2.45, 2.75) is 51.6 Å². The van der Waals surface area contributed by atoms with Gasteiger partial charge in [0.2, 0.25) is 0 Å². The fraction of sp³-hybridized carbons (Fsp3) is 0.800. The molecule has 7 nitrogen and oxygen atoms in total. The Morgan fingerprint density at radius 1 is 1.29 bits per heavy atom. The number of piperidine rings is 1. The summed E-state index contributed by atoms with van der Waals surface area (Å²) in [6, 6.07) is 0.529. The zero-order valence-electron chi connectivity index (χ0n) is 17.4. The number of aromatic nitrogens is 2. The summed E-state index contributed by atoms with van der Waals surface area (Å²) >= 11 is 0. The molecule has 0 bridgehead atoms. The number of hydrogen-bond acceptors (Lipinski definition) is 4. The van der Waals surface area contributed by atoms with E-state index in [9.17, 15) is 0 Å². The maximum atomic E-state index is 5.50. The van der Waals surface area contributed by atoms with Gasteiger partial charge in [-0.25, -0.2) is 4.98 Å². The molecule has 2 N–H and O–H groups in total. The van der Waals surface area contributed by atoms with Crippen LogP contribution in [0.15, 0.2) is 17.4 Å². The first-order chi connectivity index (χ1) is 13.2. The van der Waals surface area contributed by atoms with E-state index in [1.165, 1.54) is 38.9 Å². The minimum absolute atomic E-state index is 0. The summed E-state index contributed by atoms with van der Waals surface area (Å²) in [5.74, 6) is 2.78. The summed E-state index contributed by atoms with van der Waals surface area (Å²) in [6.07, 6.45) is 9.80. The van der Waals surface area contributed by atoms with Gasteiger partial charge in [-0.05, 0) is 44.9 Å². The van der Waals surface area contributed by atoms with Crippen molar-refractivity contribution in [1.29, 1.82) is 0 Å². The molecule has 1 atom stereocenters. The zero-order valence-corrected chi connectivity index (χ0v) is 19.7. The molecule has 1 unspecified atom stereocenters. The van der Waals surface area contributed by atoms with Gasteiger partial charge in [0, 0.05) is 64.8 Å². The van der Waals surface area contributed by atoms with Gasteiger partial charge in [0.05, 0.1) is 6.61 Å². The number of unbranched alkanes of at least 4 members (excludes halogenated alkanes) is 1. The van der Waals surface area contributed by atoms with Gasteiger partial charge in [-0.2, -0.15) is 0 Å². The molecule has 0 aliphatic carbocycles. The molecule has 1 aromatic rings. The number of ether oxygens (including phenoxy) is 1. The highest BCUT2D eigenvalue weighted by Crippen LogP contribution is 2.17. The molecule has 160 valence electrons. The van der Waals surface area contributed by atoms with E-state index in [4.69, 9.17) is 4.74 Å². The summed E-state index contributed by atoms with van der Waals surface area (Å²) in [4.78, 5) is 11.3. The van der Waals surface area contributed by atoms with E-state index >= 15 is 0 Å². The molecule has 0 saturated carbocycles. The van der Waals surface area contributed by atoms with Gasteiger partial charge in [0.25, 0.3) is 0 Å². The van der Waals surface area contributed by atoms with Crippen molar-refractivity contribution < 1.29 is 4.74 Å². The van der Waals surface area contributed by atoms with Crippen molar-refractivity contribution in [3.63, 3.8) is 0 Å². The summed E-state index contributed by atoms with van der Waals surface area (Å²) in [5, 5.41) is 7.07. The van der Waals surface area contributed by atoms with Gasteiger partial charge in [0.1, 0.15) is 5.82 Å². The monoisotopic (exact) mass is 504 g/mol. The van der Waals surface area contributed by atoms with Gasteiger partial charge >= 0.3 is 0 Å². The SMILES string of the molecule is CN=C(NCCCCn1ccnc1C)NC1CCN(CC2CCOC2)CC1.I. The van der Waals surface area contributed by atoms with E-state index in [2.05, 4.69) is 43.2 Å². The molecule has 1 aromatic heterocycles. The number of aryl methyl sites for hydroxylation is 2. The molecule has 2 aliphatic heterocycles. The van der Waals surface area contributed by atoms with E-state index in [0.29, 0.717) is 6.04 Å². The van der Waals surface area contributed by atoms with Crippen LogP contribution in [0.25, 0.3) is 0 Å². The lowest BCUT2D eigenvalue weighted by Gasteiger charge is -2.34. The fourth-order valence-corrected chi connectivity index (χ4v) is 3.99. The van der Waals surface area contributed by atoms with Crippen LogP contribution < -0.4 is 10.6 Å². The van der Waals surface area contributed by atoms with Crippen molar-refractivity contribution in [2.75, 3.05) is 46.4 Å². The Hall–Kier alpha value is -0.870. The van der Waals surface area contributed by atoms with Crippen molar-refractivity contribution in [3.05, 3.63) is 18.2 Å². The van der Waals surface area contributed by atoms with E-state index in [1.54, 1.807) is 0 Å². The third-order valence-corrected chi connectivity index (χ3v) is 5.73. The highest BCUT2D eigenvalue weighted by atomic mass is 127. The lowest BCUT2D eigenvalue weighted by Crippen LogP contribution is -2.49. The molecule has 2 fully saturated rings. The lowest BCUT2D eigenvalue weighted by molar-refractivity contribution is 0.150. The largest absolute Gasteiger partial charge is 0.381 e. The van der Waals surface area contributed by atoms with Gasteiger partial charge in [0.15, 0.2) is 5.96 Å². The molecule has 3 heterocycles. The number of rotatable bonds is 8. The lowest BCUT2D eigenvalue weighted by atomic mass is 10.0. The topological polar surface area (TPSA) is 66.7 Å². The van der Waals surface area contributed by atoms with Crippen molar-refractivity contribution in [2.24, 2.45) is 10.9 Å². The first-order valence-corrected chi connectivity index (χ1v) is 10.5. The minimum Gasteiger partial charge on any atom is -0.381 e. The first-order valence-electron chi connectivity index (χ1n) is 10.5. The molecule has 2 aliphatic rings. The van der Waals surface area contributed by atoms with Gasteiger partial charge in [-0.15, -0.1) is 24.0 Å². The van der Waals surface area contributed by atoms with Crippen LogP contribution >= 0.6 is 24.0 Å². The summed E-state index contributed by atoms with van der Waals surface area (Å²) in [6.45, 7) is 9.50. The molecule has 0 radical (unpaired) electrons. The summed E-state index contributed by atoms with van der Waals surface area (Å²) < 4.78 is 7.71. The molecule has 3 rings (SSSR count). The number of imidazole rings is 1. The van der Waals surface area contributed by atoms with Crippen LogP contribution in [-0.2, 0) is 11.3 Å². The minimum atomic E-state index is 0. The quantitative estimate of drug-likeness (QED) is 0.246. The normalized spacial score (nSPS) is 21.5. The van der Waals surface area contributed by atoms with E-state index < -0.39 is 0 Å². The molecular formula is C20H37IN6O. The predicted octanol–water partition coefficient (Wildman–Crippen LogP) is 2.26. The van der Waals surface area contributed by atoms with Gasteiger partial charge < -0.3 is 24.8 Å². The van der Waals surface area contributed by atoms with Gasteiger partial charge in [-0.1, -0.05) is 0 Å². The van der Waals surface area contributed by atoms with Crippen molar-refractivity contribution in [3.8, 4) is 0 Å². The van der Waals surface area contributed by atoms with Gasteiger partial charge in [-0.3, -0.25) is 4.99 Å². The maximum Gasteiger partial charge on any atom is 0.191 e. The van der Waals surface area contributed by atoms with Crippen molar-refractivity contribution >= 4 is 29.9 Å². The van der Waals surface area contributed by atoms with Crippen LogP contribution in [0.3, 0.4) is 0 Å². The molecule has 2 saturated heterocycles. The Labute approximate surface area is 186 Å². The highest BCUT2D eigenvalue weighted by molar-refractivity contribution is 14.0. The number of nitrogens with one attached hydrogen (secondary N) is 2. The Morgan fingerprint density at radius 3 is 2.75 bits per heavy atom.